The zero-order valence-corrected chi connectivity index (χ0v) is 10.4. The van der Waals surface area contributed by atoms with E-state index in [9.17, 15) is 4.79 Å². The van der Waals surface area contributed by atoms with Crippen LogP contribution < -0.4 is 21.9 Å². The van der Waals surface area contributed by atoms with E-state index in [1.807, 2.05) is 0 Å². The maximum atomic E-state index is 11.2. The number of anilines is 2. The van der Waals surface area contributed by atoms with Crippen LogP contribution in [0.1, 0.15) is 6.42 Å². The smallest absolute Gasteiger partial charge is 0.243 e. The lowest BCUT2D eigenvalue weighted by atomic mass is 10.3. The average Bonchev–Trinajstić information content (AvgIpc) is 3.10. The van der Waals surface area contributed by atoms with Gasteiger partial charge >= 0.3 is 0 Å². The molecule has 1 aliphatic heterocycles. The molecule has 3 heterocycles. The number of nitrogens with zero attached hydrogens (tertiary/aromatic N) is 5. The Morgan fingerprint density at radius 3 is 2.85 bits per heavy atom. The van der Waals surface area contributed by atoms with Crippen molar-refractivity contribution in [1.29, 1.82) is 0 Å². The Bertz CT molecular complexity index is 611. The molecule has 104 valence electrons. The maximum Gasteiger partial charge on any atom is 0.243 e. The number of hydrogen-bond donors (Lipinski definition) is 4. The van der Waals surface area contributed by atoms with Crippen molar-refractivity contribution >= 4 is 17.8 Å². The summed E-state index contributed by atoms with van der Waals surface area (Å²) in [6.45, 7) is 0.538. The van der Waals surface area contributed by atoms with Gasteiger partial charge in [-0.3, -0.25) is 14.8 Å². The molecule has 5 N–H and O–H groups in total. The van der Waals surface area contributed by atoms with E-state index >= 15 is 0 Å². The summed E-state index contributed by atoms with van der Waals surface area (Å²) in [5, 5.41) is 5.81. The number of hydrogen-bond acceptors (Lipinski definition) is 8. The Morgan fingerprint density at radius 2 is 2.20 bits per heavy atom. The summed E-state index contributed by atoms with van der Waals surface area (Å²) in [6, 6.07) is -0.0499. The molecular formula is C10H13N9O. The minimum atomic E-state index is -0.0499. The lowest BCUT2D eigenvalue weighted by molar-refractivity contribution is -0.119. The Hall–Kier alpha value is -2.75. The molecule has 0 spiro atoms. The fourth-order valence-electron chi connectivity index (χ4n) is 1.88. The van der Waals surface area contributed by atoms with E-state index < -0.39 is 0 Å². The first kappa shape index (κ1) is 12.3. The van der Waals surface area contributed by atoms with Crippen LogP contribution in [-0.2, 0) is 4.79 Å². The molecule has 1 atom stereocenters. The quantitative estimate of drug-likeness (QED) is 0.397. The van der Waals surface area contributed by atoms with Crippen molar-refractivity contribution in [3.05, 3.63) is 18.7 Å². The number of carbonyl (C=O) groups is 1. The third kappa shape index (κ3) is 2.49. The predicted molar refractivity (Wildman–Crippen MR) is 69.8 cm³/mol. The summed E-state index contributed by atoms with van der Waals surface area (Å²) in [5.41, 5.74) is 2.38. The second-order valence-corrected chi connectivity index (χ2v) is 4.25. The van der Waals surface area contributed by atoms with Crippen LogP contribution in [0.4, 0.5) is 11.9 Å². The topological polar surface area (TPSA) is 136 Å². The normalized spacial score (nSPS) is 17.9. The van der Waals surface area contributed by atoms with Crippen LogP contribution >= 0.6 is 0 Å². The van der Waals surface area contributed by atoms with Crippen molar-refractivity contribution in [3.63, 3.8) is 0 Å². The first-order valence-electron chi connectivity index (χ1n) is 5.99. The van der Waals surface area contributed by atoms with Gasteiger partial charge in [0.1, 0.15) is 6.33 Å². The van der Waals surface area contributed by atoms with Gasteiger partial charge in [-0.2, -0.15) is 15.0 Å². The lowest BCUT2D eigenvalue weighted by Gasteiger charge is -2.12. The molecule has 10 heteroatoms. The van der Waals surface area contributed by atoms with Gasteiger partial charge in [0, 0.05) is 25.4 Å². The molecule has 20 heavy (non-hydrogen) atoms. The molecule has 1 unspecified atom stereocenters. The zero-order chi connectivity index (χ0) is 13.9. The highest BCUT2D eigenvalue weighted by Crippen LogP contribution is 2.11. The van der Waals surface area contributed by atoms with Gasteiger partial charge in [-0.1, -0.05) is 0 Å². The molecule has 0 aromatic carbocycles. The first-order chi connectivity index (χ1) is 9.74. The number of nitrogen functional groups attached to an aromatic ring is 1. The number of imidazole rings is 1. The summed E-state index contributed by atoms with van der Waals surface area (Å²) < 4.78 is 1.63. The Labute approximate surface area is 113 Å². The summed E-state index contributed by atoms with van der Waals surface area (Å²) in [6.07, 6.45) is 5.28. The second kappa shape index (κ2) is 5.09. The van der Waals surface area contributed by atoms with Gasteiger partial charge in [-0.25, -0.2) is 10.8 Å². The largest absolute Gasteiger partial charge is 0.354 e. The Morgan fingerprint density at radius 1 is 1.35 bits per heavy atom. The summed E-state index contributed by atoms with van der Waals surface area (Å²) in [5.74, 6) is 6.30. The van der Waals surface area contributed by atoms with Gasteiger partial charge in [0.15, 0.2) is 0 Å². The Kier molecular flexibility index (Phi) is 3.13. The highest BCUT2D eigenvalue weighted by molar-refractivity contribution is 5.79. The first-order valence-corrected chi connectivity index (χ1v) is 5.99. The minimum absolute atomic E-state index is 0.00330. The van der Waals surface area contributed by atoms with E-state index in [-0.39, 0.29) is 17.9 Å². The van der Waals surface area contributed by atoms with Crippen LogP contribution in [0, 0.1) is 0 Å². The molecule has 10 nitrogen and oxygen atoms in total. The minimum Gasteiger partial charge on any atom is -0.354 e. The zero-order valence-electron chi connectivity index (χ0n) is 10.4. The molecular weight excluding hydrogens is 262 g/mol. The molecule has 0 aliphatic carbocycles. The standard InChI is InChI=1S/C10H13N9O/c11-18-9-15-8(14-6-3-7(20)13-4-6)16-10(17-9)19-2-1-12-5-19/h1-2,5-6H,3-4,11H2,(H,13,20)(H2,14,15,16,17,18). The van der Waals surface area contributed by atoms with Crippen molar-refractivity contribution in [2.75, 3.05) is 17.3 Å². The van der Waals surface area contributed by atoms with Gasteiger partial charge in [-0.15, -0.1) is 0 Å². The van der Waals surface area contributed by atoms with Crippen LogP contribution in [0.25, 0.3) is 5.95 Å². The number of rotatable bonds is 4. The van der Waals surface area contributed by atoms with Crippen molar-refractivity contribution < 1.29 is 4.79 Å². The van der Waals surface area contributed by atoms with Crippen molar-refractivity contribution in [2.45, 2.75) is 12.5 Å². The van der Waals surface area contributed by atoms with Gasteiger partial charge < -0.3 is 10.6 Å². The number of aromatic nitrogens is 5. The van der Waals surface area contributed by atoms with E-state index in [1.54, 1.807) is 23.3 Å². The average molecular weight is 275 g/mol. The van der Waals surface area contributed by atoms with Gasteiger partial charge in [0.25, 0.3) is 0 Å². The molecule has 1 amide bonds. The summed E-state index contributed by atoms with van der Waals surface area (Å²) in [7, 11) is 0. The molecule has 0 saturated carbocycles. The fourth-order valence-corrected chi connectivity index (χ4v) is 1.88. The van der Waals surface area contributed by atoms with Gasteiger partial charge in [0.05, 0.1) is 6.04 Å². The number of hydrazine groups is 1. The van der Waals surface area contributed by atoms with Crippen molar-refractivity contribution in [3.8, 4) is 5.95 Å². The number of nitrogens with one attached hydrogen (secondary N) is 3. The Balaban J connectivity index is 1.86. The number of carbonyl (C=O) groups excluding carboxylic acids is 1. The molecule has 1 aliphatic rings. The monoisotopic (exact) mass is 275 g/mol. The van der Waals surface area contributed by atoms with Gasteiger partial charge in [-0.05, 0) is 0 Å². The molecule has 1 fully saturated rings. The summed E-state index contributed by atoms with van der Waals surface area (Å²) >= 11 is 0. The molecule has 3 rings (SSSR count). The second-order valence-electron chi connectivity index (χ2n) is 4.25. The van der Waals surface area contributed by atoms with E-state index in [0.29, 0.717) is 24.9 Å². The maximum absolute atomic E-state index is 11.2. The third-order valence-corrected chi connectivity index (χ3v) is 2.80. The molecule has 0 bridgehead atoms. The molecule has 2 aromatic heterocycles. The predicted octanol–water partition coefficient (Wildman–Crippen LogP) is -1.36. The van der Waals surface area contributed by atoms with E-state index in [0.717, 1.165) is 0 Å². The van der Waals surface area contributed by atoms with E-state index in [4.69, 9.17) is 5.84 Å². The van der Waals surface area contributed by atoms with Crippen LogP contribution in [0.3, 0.4) is 0 Å². The summed E-state index contributed by atoms with van der Waals surface area (Å²) in [4.78, 5) is 27.6. The highest BCUT2D eigenvalue weighted by Gasteiger charge is 2.22. The number of nitrogens with two attached hydrogens (primary N) is 1. The molecule has 2 aromatic rings. The third-order valence-electron chi connectivity index (χ3n) is 2.80. The van der Waals surface area contributed by atoms with Crippen molar-refractivity contribution in [2.24, 2.45) is 5.84 Å². The molecule has 0 radical (unpaired) electrons. The number of amides is 1. The van der Waals surface area contributed by atoms with Crippen LogP contribution in [-0.4, -0.2) is 43.0 Å². The van der Waals surface area contributed by atoms with Gasteiger partial charge in [0.2, 0.25) is 23.8 Å². The van der Waals surface area contributed by atoms with Crippen molar-refractivity contribution in [1.82, 2.24) is 29.8 Å². The van der Waals surface area contributed by atoms with E-state index in [1.165, 1.54) is 0 Å². The fraction of sp³-hybridized carbons (Fsp3) is 0.300. The lowest BCUT2D eigenvalue weighted by Crippen LogP contribution is -2.24. The van der Waals surface area contributed by atoms with Crippen LogP contribution in [0.2, 0.25) is 0 Å². The van der Waals surface area contributed by atoms with Crippen LogP contribution in [0.5, 0.6) is 0 Å². The molecule has 1 saturated heterocycles. The highest BCUT2D eigenvalue weighted by atomic mass is 16.1. The SMILES string of the molecule is NNc1nc(NC2CNC(=O)C2)nc(-n2ccnc2)n1. The van der Waals surface area contributed by atoms with E-state index in [2.05, 4.69) is 36.0 Å². The van der Waals surface area contributed by atoms with Crippen LogP contribution in [0.15, 0.2) is 18.7 Å².